The molecule has 0 aromatic heterocycles. The Morgan fingerprint density at radius 3 is 2.73 bits per heavy atom. The van der Waals surface area contributed by atoms with Gasteiger partial charge in [-0.25, -0.2) is 4.79 Å². The third-order valence-electron chi connectivity index (χ3n) is 2.14. The molecule has 15 heavy (non-hydrogen) atoms. The third kappa shape index (κ3) is 5.18. The lowest BCUT2D eigenvalue weighted by atomic mass is 10.2. The van der Waals surface area contributed by atoms with E-state index in [1.54, 1.807) is 0 Å². The van der Waals surface area contributed by atoms with Crippen LogP contribution in [0.1, 0.15) is 12.0 Å². The Kier molecular flexibility index (Phi) is 5.48. The van der Waals surface area contributed by atoms with E-state index in [0.717, 1.165) is 19.5 Å². The summed E-state index contributed by atoms with van der Waals surface area (Å²) in [7, 11) is 2.05. The van der Waals surface area contributed by atoms with Gasteiger partial charge in [0.15, 0.2) is 0 Å². The van der Waals surface area contributed by atoms with E-state index < -0.39 is 0 Å². The first-order valence-corrected chi connectivity index (χ1v) is 5.04. The van der Waals surface area contributed by atoms with Crippen molar-refractivity contribution in [2.24, 2.45) is 0 Å². The highest BCUT2D eigenvalue weighted by Crippen LogP contribution is 2.02. The standard InChI is InChI=1S/C12H16NO2/c1-13(8-5-9-15-11-14)10-12-6-3-2-4-7-12/h2-4,6-7H,5,8-10H2,1H3. The van der Waals surface area contributed by atoms with Gasteiger partial charge in [0.25, 0.3) is 0 Å². The molecule has 0 fully saturated rings. The van der Waals surface area contributed by atoms with Crippen molar-refractivity contribution in [3.63, 3.8) is 0 Å². The molecule has 0 aliphatic rings. The summed E-state index contributed by atoms with van der Waals surface area (Å²) in [4.78, 5) is 12.0. The normalized spacial score (nSPS) is 10.3. The van der Waals surface area contributed by atoms with Gasteiger partial charge in [0.2, 0.25) is 0 Å². The highest BCUT2D eigenvalue weighted by Gasteiger charge is 1.99. The molecular weight excluding hydrogens is 190 g/mol. The quantitative estimate of drug-likeness (QED) is 0.634. The van der Waals surface area contributed by atoms with E-state index in [2.05, 4.69) is 28.8 Å². The van der Waals surface area contributed by atoms with E-state index in [4.69, 9.17) is 0 Å². The molecule has 0 heterocycles. The van der Waals surface area contributed by atoms with Crippen LogP contribution in [0.15, 0.2) is 30.3 Å². The molecule has 0 N–H and O–H groups in total. The maximum Gasteiger partial charge on any atom is 0.417 e. The molecule has 0 bridgehead atoms. The van der Waals surface area contributed by atoms with E-state index in [1.807, 2.05) is 18.2 Å². The molecule has 81 valence electrons. The minimum atomic E-state index is 0.447. The summed E-state index contributed by atoms with van der Waals surface area (Å²) in [5.74, 6) is 0. The van der Waals surface area contributed by atoms with Crippen LogP contribution in [-0.4, -0.2) is 31.6 Å². The summed E-state index contributed by atoms with van der Waals surface area (Å²) < 4.78 is 4.50. The summed E-state index contributed by atoms with van der Waals surface area (Å²) in [6, 6.07) is 10.3. The molecule has 0 spiro atoms. The minimum absolute atomic E-state index is 0.447. The summed E-state index contributed by atoms with van der Waals surface area (Å²) >= 11 is 0. The number of hydrogen-bond acceptors (Lipinski definition) is 3. The fourth-order valence-electron chi connectivity index (χ4n) is 1.42. The van der Waals surface area contributed by atoms with E-state index in [-0.39, 0.29) is 0 Å². The van der Waals surface area contributed by atoms with Crippen LogP contribution >= 0.6 is 0 Å². The fraction of sp³-hybridized carbons (Fsp3) is 0.417. The zero-order valence-corrected chi connectivity index (χ0v) is 8.98. The Hall–Kier alpha value is -1.35. The van der Waals surface area contributed by atoms with Gasteiger partial charge in [0.1, 0.15) is 0 Å². The second-order valence-corrected chi connectivity index (χ2v) is 3.51. The van der Waals surface area contributed by atoms with Crippen molar-refractivity contribution >= 4 is 6.47 Å². The molecule has 1 radical (unpaired) electrons. The molecule has 3 heteroatoms. The third-order valence-corrected chi connectivity index (χ3v) is 2.14. The summed E-state index contributed by atoms with van der Waals surface area (Å²) in [6.07, 6.45) is 0.846. The van der Waals surface area contributed by atoms with Gasteiger partial charge in [0.05, 0.1) is 6.61 Å². The second-order valence-electron chi connectivity index (χ2n) is 3.51. The molecule has 0 unspecified atom stereocenters. The lowest BCUT2D eigenvalue weighted by molar-refractivity contribution is 0.239. The van der Waals surface area contributed by atoms with Crippen molar-refractivity contribution in [3.8, 4) is 0 Å². The van der Waals surface area contributed by atoms with Crippen LogP contribution in [0.5, 0.6) is 0 Å². The Bertz CT molecular complexity index is 274. The average Bonchev–Trinajstić information content (AvgIpc) is 2.26. The molecule has 0 amide bonds. The van der Waals surface area contributed by atoms with Crippen molar-refractivity contribution in [2.45, 2.75) is 13.0 Å². The molecule has 0 aliphatic carbocycles. The Balaban J connectivity index is 2.18. The van der Waals surface area contributed by atoms with Crippen LogP contribution < -0.4 is 0 Å². The fourth-order valence-corrected chi connectivity index (χ4v) is 1.42. The van der Waals surface area contributed by atoms with Gasteiger partial charge < -0.3 is 9.64 Å². The van der Waals surface area contributed by atoms with Gasteiger partial charge in [-0.1, -0.05) is 30.3 Å². The van der Waals surface area contributed by atoms with Crippen LogP contribution in [0.4, 0.5) is 0 Å². The average molecular weight is 206 g/mol. The van der Waals surface area contributed by atoms with Gasteiger partial charge in [-0.15, -0.1) is 0 Å². The maximum atomic E-state index is 9.78. The molecule has 0 aliphatic heterocycles. The largest absolute Gasteiger partial charge is 0.457 e. The van der Waals surface area contributed by atoms with Gasteiger partial charge in [-0.05, 0) is 19.0 Å². The zero-order chi connectivity index (χ0) is 10.9. The molecule has 1 rings (SSSR count). The Morgan fingerprint density at radius 1 is 1.33 bits per heavy atom. The highest BCUT2D eigenvalue weighted by molar-refractivity contribution is 5.37. The molecular formula is C12H16NO2. The number of ether oxygens (including phenoxy) is 1. The van der Waals surface area contributed by atoms with E-state index in [0.29, 0.717) is 6.61 Å². The lowest BCUT2D eigenvalue weighted by Gasteiger charge is -2.15. The van der Waals surface area contributed by atoms with E-state index >= 15 is 0 Å². The van der Waals surface area contributed by atoms with Crippen molar-refractivity contribution in [1.29, 1.82) is 0 Å². The number of rotatable bonds is 7. The van der Waals surface area contributed by atoms with E-state index in [9.17, 15) is 4.79 Å². The molecule has 0 saturated carbocycles. The van der Waals surface area contributed by atoms with Crippen LogP contribution in [0.2, 0.25) is 0 Å². The smallest absolute Gasteiger partial charge is 0.417 e. The van der Waals surface area contributed by atoms with E-state index in [1.165, 1.54) is 12.0 Å². The Morgan fingerprint density at radius 2 is 2.07 bits per heavy atom. The van der Waals surface area contributed by atoms with Crippen molar-refractivity contribution in [1.82, 2.24) is 4.90 Å². The van der Waals surface area contributed by atoms with Gasteiger partial charge in [-0.2, -0.15) is 0 Å². The predicted octanol–water partition coefficient (Wildman–Crippen LogP) is 1.59. The molecule has 1 aromatic carbocycles. The number of hydrogen-bond donors (Lipinski definition) is 0. The summed E-state index contributed by atoms with van der Waals surface area (Å²) in [5, 5.41) is 0. The first kappa shape index (κ1) is 11.7. The van der Waals surface area contributed by atoms with Gasteiger partial charge >= 0.3 is 6.47 Å². The summed E-state index contributed by atoms with van der Waals surface area (Å²) in [6.45, 7) is 3.71. The zero-order valence-electron chi connectivity index (χ0n) is 8.98. The first-order chi connectivity index (χ1) is 7.33. The van der Waals surface area contributed by atoms with Crippen molar-refractivity contribution in [3.05, 3.63) is 35.9 Å². The topological polar surface area (TPSA) is 29.5 Å². The Labute approximate surface area is 90.7 Å². The molecule has 1 aromatic rings. The number of benzene rings is 1. The number of nitrogens with zero attached hydrogens (tertiary/aromatic N) is 1. The minimum Gasteiger partial charge on any atom is -0.457 e. The van der Waals surface area contributed by atoms with Crippen LogP contribution in [-0.2, 0) is 16.1 Å². The van der Waals surface area contributed by atoms with Crippen molar-refractivity contribution < 1.29 is 9.53 Å². The summed E-state index contributed by atoms with van der Waals surface area (Å²) in [5.41, 5.74) is 1.29. The van der Waals surface area contributed by atoms with Crippen LogP contribution in [0.3, 0.4) is 0 Å². The molecule has 0 atom stereocenters. The molecule has 0 saturated heterocycles. The number of carbonyl (C=O) groups excluding carboxylic acids is 1. The monoisotopic (exact) mass is 206 g/mol. The van der Waals surface area contributed by atoms with Gasteiger partial charge in [-0.3, -0.25) is 0 Å². The lowest BCUT2D eigenvalue weighted by Crippen LogP contribution is -2.20. The van der Waals surface area contributed by atoms with Crippen LogP contribution in [0, 0.1) is 0 Å². The van der Waals surface area contributed by atoms with Crippen LogP contribution in [0.25, 0.3) is 0 Å². The van der Waals surface area contributed by atoms with Gasteiger partial charge in [0, 0.05) is 13.1 Å². The maximum absolute atomic E-state index is 9.78. The predicted molar refractivity (Wildman–Crippen MR) is 59.0 cm³/mol. The SMILES string of the molecule is CN(CCCO[C]=O)Cc1ccccc1. The second kappa shape index (κ2) is 7.01. The molecule has 3 nitrogen and oxygen atoms in total. The first-order valence-electron chi connectivity index (χ1n) is 5.04. The highest BCUT2D eigenvalue weighted by atomic mass is 16.5. The van der Waals surface area contributed by atoms with Crippen molar-refractivity contribution in [2.75, 3.05) is 20.2 Å².